The van der Waals surface area contributed by atoms with Crippen molar-refractivity contribution in [1.29, 1.82) is 0 Å². The number of fused-ring (bicyclic) bond motifs is 1. The second-order valence-corrected chi connectivity index (χ2v) is 7.26. The average molecular weight is 359 g/mol. The van der Waals surface area contributed by atoms with Crippen molar-refractivity contribution >= 4 is 22.4 Å². The average Bonchev–Trinajstić information content (AvgIpc) is 2.74. The minimum Gasteiger partial charge on any atom is -0.370 e. The first-order chi connectivity index (χ1) is 13.3. The fourth-order valence-corrected chi connectivity index (χ4v) is 3.88. The number of aromatic nitrogens is 1. The summed E-state index contributed by atoms with van der Waals surface area (Å²) in [6.45, 7) is 2.82. The normalized spacial score (nSPS) is 15.0. The van der Waals surface area contributed by atoms with Crippen molar-refractivity contribution < 1.29 is 4.79 Å². The van der Waals surface area contributed by atoms with E-state index in [1.807, 2.05) is 42.7 Å². The zero-order valence-corrected chi connectivity index (χ0v) is 15.5. The number of piperidine rings is 1. The summed E-state index contributed by atoms with van der Waals surface area (Å²) in [5.41, 5.74) is 2.29. The van der Waals surface area contributed by atoms with E-state index < -0.39 is 0 Å². The van der Waals surface area contributed by atoms with Crippen LogP contribution in [-0.4, -0.2) is 30.5 Å². The van der Waals surface area contributed by atoms with Gasteiger partial charge in [-0.15, -0.1) is 0 Å². The SMILES string of the molecule is O=C(Cc1cccc2ccccc12)NCC1CCN(c2cccnc2)CC1. The van der Waals surface area contributed by atoms with Gasteiger partial charge in [-0.1, -0.05) is 42.5 Å². The minimum absolute atomic E-state index is 0.112. The molecule has 0 bridgehead atoms. The topological polar surface area (TPSA) is 45.2 Å². The van der Waals surface area contributed by atoms with Crippen molar-refractivity contribution in [2.45, 2.75) is 19.3 Å². The van der Waals surface area contributed by atoms with Crippen molar-refractivity contribution in [3.63, 3.8) is 0 Å². The molecule has 1 amide bonds. The largest absolute Gasteiger partial charge is 0.370 e. The summed E-state index contributed by atoms with van der Waals surface area (Å²) in [6.07, 6.45) is 6.37. The van der Waals surface area contributed by atoms with Crippen LogP contribution >= 0.6 is 0 Å². The highest BCUT2D eigenvalue weighted by Crippen LogP contribution is 2.22. The van der Waals surface area contributed by atoms with Gasteiger partial charge in [0, 0.05) is 25.8 Å². The summed E-state index contributed by atoms with van der Waals surface area (Å²) in [5, 5.41) is 5.50. The Hall–Kier alpha value is -2.88. The molecule has 1 aromatic heterocycles. The highest BCUT2D eigenvalue weighted by Gasteiger charge is 2.20. The molecule has 1 aliphatic heterocycles. The van der Waals surface area contributed by atoms with Gasteiger partial charge >= 0.3 is 0 Å². The lowest BCUT2D eigenvalue weighted by molar-refractivity contribution is -0.120. The maximum Gasteiger partial charge on any atom is 0.224 e. The third-order valence-corrected chi connectivity index (χ3v) is 5.44. The zero-order chi connectivity index (χ0) is 18.5. The van der Waals surface area contributed by atoms with Gasteiger partial charge in [0.25, 0.3) is 0 Å². The van der Waals surface area contributed by atoms with Crippen LogP contribution in [0, 0.1) is 5.92 Å². The van der Waals surface area contributed by atoms with Gasteiger partial charge in [0.05, 0.1) is 18.3 Å². The van der Waals surface area contributed by atoms with E-state index in [0.29, 0.717) is 12.3 Å². The molecular formula is C23H25N3O. The molecule has 0 atom stereocenters. The predicted octanol–water partition coefficient (Wildman–Crippen LogP) is 3.81. The Kier molecular flexibility index (Phi) is 5.33. The number of carbonyl (C=O) groups excluding carboxylic acids is 1. The van der Waals surface area contributed by atoms with Gasteiger partial charge in [-0.2, -0.15) is 0 Å². The van der Waals surface area contributed by atoms with Gasteiger partial charge in [-0.05, 0) is 47.2 Å². The molecule has 4 rings (SSSR count). The van der Waals surface area contributed by atoms with Crippen molar-refractivity contribution in [3.8, 4) is 0 Å². The molecule has 27 heavy (non-hydrogen) atoms. The van der Waals surface area contributed by atoms with Gasteiger partial charge in [0.15, 0.2) is 0 Å². The molecule has 4 nitrogen and oxygen atoms in total. The molecule has 4 heteroatoms. The summed E-state index contributed by atoms with van der Waals surface area (Å²) < 4.78 is 0. The summed E-state index contributed by atoms with van der Waals surface area (Å²) in [7, 11) is 0. The van der Waals surface area contributed by atoms with Crippen molar-refractivity contribution in [2.24, 2.45) is 5.92 Å². The predicted molar refractivity (Wildman–Crippen MR) is 110 cm³/mol. The number of carbonyl (C=O) groups is 1. The summed E-state index contributed by atoms with van der Waals surface area (Å²) >= 11 is 0. The molecule has 1 aliphatic rings. The number of anilines is 1. The van der Waals surface area contributed by atoms with Crippen LogP contribution in [0.5, 0.6) is 0 Å². The van der Waals surface area contributed by atoms with E-state index in [4.69, 9.17) is 0 Å². The van der Waals surface area contributed by atoms with E-state index >= 15 is 0 Å². The number of hydrogen-bond donors (Lipinski definition) is 1. The molecule has 1 fully saturated rings. The summed E-state index contributed by atoms with van der Waals surface area (Å²) in [4.78, 5) is 19.0. The molecule has 3 aromatic rings. The Labute approximate surface area is 160 Å². The molecule has 138 valence electrons. The van der Waals surface area contributed by atoms with Gasteiger partial charge in [-0.3, -0.25) is 9.78 Å². The second-order valence-electron chi connectivity index (χ2n) is 7.26. The van der Waals surface area contributed by atoms with E-state index in [-0.39, 0.29) is 5.91 Å². The van der Waals surface area contributed by atoms with Crippen molar-refractivity contribution in [2.75, 3.05) is 24.5 Å². The smallest absolute Gasteiger partial charge is 0.224 e. The molecule has 0 radical (unpaired) electrons. The lowest BCUT2D eigenvalue weighted by atomic mass is 9.96. The molecule has 0 aliphatic carbocycles. The fraction of sp³-hybridized carbons (Fsp3) is 0.304. The second kappa shape index (κ2) is 8.21. The van der Waals surface area contributed by atoms with Gasteiger partial charge in [0.1, 0.15) is 0 Å². The fourth-order valence-electron chi connectivity index (χ4n) is 3.88. The Morgan fingerprint density at radius 3 is 2.67 bits per heavy atom. The molecule has 2 heterocycles. The van der Waals surface area contributed by atoms with Crippen molar-refractivity contribution in [1.82, 2.24) is 10.3 Å². The quantitative estimate of drug-likeness (QED) is 0.753. The Balaban J connectivity index is 1.28. The molecular weight excluding hydrogens is 334 g/mol. The third kappa shape index (κ3) is 4.27. The number of amides is 1. The molecule has 2 aromatic carbocycles. The lowest BCUT2D eigenvalue weighted by Crippen LogP contribution is -2.39. The van der Waals surface area contributed by atoms with E-state index in [1.165, 1.54) is 16.5 Å². The number of benzene rings is 2. The monoisotopic (exact) mass is 359 g/mol. The van der Waals surface area contributed by atoms with Crippen LogP contribution in [-0.2, 0) is 11.2 Å². The molecule has 0 spiro atoms. The van der Waals surface area contributed by atoms with E-state index in [2.05, 4.69) is 39.5 Å². The summed E-state index contributed by atoms with van der Waals surface area (Å²) in [5.74, 6) is 0.662. The minimum atomic E-state index is 0.112. The van der Waals surface area contributed by atoms with E-state index in [0.717, 1.165) is 38.0 Å². The zero-order valence-electron chi connectivity index (χ0n) is 15.5. The van der Waals surface area contributed by atoms with Crippen molar-refractivity contribution in [3.05, 3.63) is 72.6 Å². The number of nitrogens with zero attached hydrogens (tertiary/aromatic N) is 2. The first-order valence-corrected chi connectivity index (χ1v) is 9.68. The van der Waals surface area contributed by atoms with Gasteiger partial charge in [-0.25, -0.2) is 0 Å². The number of nitrogens with one attached hydrogen (secondary N) is 1. The molecule has 1 N–H and O–H groups in total. The highest BCUT2D eigenvalue weighted by atomic mass is 16.1. The van der Waals surface area contributed by atoms with Crippen LogP contribution in [0.25, 0.3) is 10.8 Å². The van der Waals surface area contributed by atoms with Crippen LogP contribution < -0.4 is 10.2 Å². The maximum absolute atomic E-state index is 12.5. The van der Waals surface area contributed by atoms with Crippen LogP contribution in [0.4, 0.5) is 5.69 Å². The Morgan fingerprint density at radius 2 is 1.85 bits per heavy atom. The van der Waals surface area contributed by atoms with Gasteiger partial charge < -0.3 is 10.2 Å². The number of pyridine rings is 1. The Bertz CT molecular complexity index is 896. The van der Waals surface area contributed by atoms with Gasteiger partial charge in [0.2, 0.25) is 5.91 Å². The van der Waals surface area contributed by atoms with Crippen LogP contribution in [0.1, 0.15) is 18.4 Å². The first-order valence-electron chi connectivity index (χ1n) is 9.68. The first kappa shape index (κ1) is 17.5. The van der Waals surface area contributed by atoms with Crippen LogP contribution in [0.15, 0.2) is 67.0 Å². The maximum atomic E-state index is 12.5. The highest BCUT2D eigenvalue weighted by molar-refractivity contribution is 5.90. The Morgan fingerprint density at radius 1 is 1.04 bits per heavy atom. The van der Waals surface area contributed by atoms with Crippen LogP contribution in [0.2, 0.25) is 0 Å². The molecule has 0 saturated carbocycles. The third-order valence-electron chi connectivity index (χ3n) is 5.44. The number of rotatable bonds is 5. The molecule has 1 saturated heterocycles. The molecule has 0 unspecified atom stereocenters. The lowest BCUT2D eigenvalue weighted by Gasteiger charge is -2.33. The van der Waals surface area contributed by atoms with E-state index in [9.17, 15) is 4.79 Å². The van der Waals surface area contributed by atoms with E-state index in [1.54, 1.807) is 0 Å². The van der Waals surface area contributed by atoms with Crippen LogP contribution in [0.3, 0.4) is 0 Å². The number of hydrogen-bond acceptors (Lipinski definition) is 3. The summed E-state index contributed by atoms with van der Waals surface area (Å²) in [6, 6.07) is 18.5. The standard InChI is InChI=1S/C23H25N3O/c27-23(15-20-7-3-6-19-5-1-2-9-22(19)20)25-16-18-10-13-26(14-11-18)21-8-4-12-24-17-21/h1-9,12,17-18H,10-11,13-16H2,(H,25,27).